The first-order chi connectivity index (χ1) is 15.8. The van der Waals surface area contributed by atoms with Crippen molar-refractivity contribution in [1.82, 2.24) is 14.4 Å². The van der Waals surface area contributed by atoms with Gasteiger partial charge in [-0.25, -0.2) is 22.9 Å². The van der Waals surface area contributed by atoms with Crippen LogP contribution in [-0.4, -0.2) is 22.8 Å². The van der Waals surface area contributed by atoms with Crippen LogP contribution in [0, 0.1) is 12.7 Å². The molecule has 3 heterocycles. The van der Waals surface area contributed by atoms with Gasteiger partial charge in [0.1, 0.15) is 11.5 Å². The zero-order valence-corrected chi connectivity index (χ0v) is 18.4. The molecule has 0 saturated heterocycles. The minimum Gasteiger partial charge on any atom is -0.299 e. The summed E-state index contributed by atoms with van der Waals surface area (Å²) in [5.74, 6) is -0.255. The van der Waals surface area contributed by atoms with Crippen LogP contribution in [0.1, 0.15) is 5.56 Å². The van der Waals surface area contributed by atoms with E-state index in [1.165, 1.54) is 18.2 Å². The van der Waals surface area contributed by atoms with Crippen molar-refractivity contribution in [3.05, 3.63) is 96.7 Å². The summed E-state index contributed by atoms with van der Waals surface area (Å²) >= 11 is 0. The minimum atomic E-state index is -3.76. The van der Waals surface area contributed by atoms with Crippen molar-refractivity contribution >= 4 is 15.7 Å². The van der Waals surface area contributed by atoms with Crippen molar-refractivity contribution in [3.63, 3.8) is 0 Å². The molecule has 5 rings (SSSR count). The van der Waals surface area contributed by atoms with Gasteiger partial charge < -0.3 is 0 Å². The number of primary sulfonamides is 1. The lowest BCUT2D eigenvalue weighted by atomic mass is 9.99. The third-order valence-corrected chi connectivity index (χ3v) is 6.46. The quantitative estimate of drug-likeness (QED) is 0.418. The number of hydrogen-bond acceptors (Lipinski definition) is 4. The van der Waals surface area contributed by atoms with E-state index in [1.807, 2.05) is 34.9 Å². The fourth-order valence-electron chi connectivity index (χ4n) is 3.83. The Morgan fingerprint density at radius 3 is 2.36 bits per heavy atom. The Labute approximate surface area is 190 Å². The van der Waals surface area contributed by atoms with E-state index >= 15 is 0 Å². The number of aromatic nitrogens is 3. The van der Waals surface area contributed by atoms with E-state index in [0.29, 0.717) is 5.56 Å². The Morgan fingerprint density at radius 1 is 0.909 bits per heavy atom. The predicted octanol–water partition coefficient (Wildman–Crippen LogP) is 4.83. The van der Waals surface area contributed by atoms with Crippen LogP contribution in [0.2, 0.25) is 0 Å². The number of hydrogen-bond donors (Lipinski definition) is 1. The molecule has 3 aromatic heterocycles. The molecule has 0 atom stereocenters. The minimum absolute atomic E-state index is 0.0513. The number of pyridine rings is 2. The second-order valence-electron chi connectivity index (χ2n) is 7.72. The van der Waals surface area contributed by atoms with E-state index in [1.54, 1.807) is 43.6 Å². The zero-order chi connectivity index (χ0) is 23.2. The second-order valence-corrected chi connectivity index (χ2v) is 9.28. The van der Waals surface area contributed by atoms with E-state index in [0.717, 1.165) is 39.3 Å². The average molecular weight is 459 g/mol. The van der Waals surface area contributed by atoms with Gasteiger partial charge in [0.2, 0.25) is 10.0 Å². The SMILES string of the molecule is Cc1cc(-c2ncccc2-c2ccc3ncc(-c4ccc(S(N)(=O)=O)cc4)n3c2)ccc1F. The lowest BCUT2D eigenvalue weighted by molar-refractivity contribution is 0.598. The van der Waals surface area contributed by atoms with E-state index in [9.17, 15) is 12.8 Å². The molecule has 0 aliphatic carbocycles. The van der Waals surface area contributed by atoms with E-state index in [4.69, 9.17) is 5.14 Å². The molecule has 2 N–H and O–H groups in total. The number of fused-ring (bicyclic) bond motifs is 1. The number of sulfonamides is 1. The van der Waals surface area contributed by atoms with Crippen LogP contribution in [0.4, 0.5) is 4.39 Å². The fraction of sp³-hybridized carbons (Fsp3) is 0.0400. The van der Waals surface area contributed by atoms with Crippen molar-refractivity contribution in [2.45, 2.75) is 11.8 Å². The van der Waals surface area contributed by atoms with Crippen molar-refractivity contribution in [1.29, 1.82) is 0 Å². The van der Waals surface area contributed by atoms with Gasteiger partial charge in [0.15, 0.2) is 0 Å². The molecule has 0 aliphatic rings. The molecule has 8 heteroatoms. The first kappa shape index (κ1) is 21.0. The highest BCUT2D eigenvalue weighted by atomic mass is 32.2. The van der Waals surface area contributed by atoms with Crippen molar-refractivity contribution in [2.24, 2.45) is 5.14 Å². The lowest BCUT2D eigenvalue weighted by Gasteiger charge is -2.11. The van der Waals surface area contributed by atoms with Gasteiger partial charge in [-0.2, -0.15) is 0 Å². The number of benzene rings is 2. The summed E-state index contributed by atoms with van der Waals surface area (Å²) in [5, 5.41) is 5.21. The normalized spacial score (nSPS) is 11.7. The summed E-state index contributed by atoms with van der Waals surface area (Å²) in [7, 11) is -3.76. The van der Waals surface area contributed by atoms with E-state index in [-0.39, 0.29) is 10.7 Å². The monoisotopic (exact) mass is 458 g/mol. The highest BCUT2D eigenvalue weighted by Gasteiger charge is 2.14. The number of halogens is 1. The first-order valence-electron chi connectivity index (χ1n) is 10.1. The standard InChI is InChI=1S/C25H19FN4O2S/c1-16-13-18(6-10-22(16)26)25-21(3-2-12-28-25)19-7-11-24-29-14-23(30(24)15-19)17-4-8-20(9-5-17)33(27,31)32/h2-15H,1H3,(H2,27,31,32). The Hall–Kier alpha value is -3.88. The van der Waals surface area contributed by atoms with Gasteiger partial charge in [0.25, 0.3) is 0 Å². The summed E-state index contributed by atoms with van der Waals surface area (Å²) < 4.78 is 38.9. The maximum absolute atomic E-state index is 13.8. The van der Waals surface area contributed by atoms with Crippen molar-refractivity contribution < 1.29 is 12.8 Å². The van der Waals surface area contributed by atoms with Crippen LogP contribution < -0.4 is 5.14 Å². The topological polar surface area (TPSA) is 90.3 Å². The second kappa shape index (κ2) is 7.91. The smallest absolute Gasteiger partial charge is 0.238 e. The molecule has 164 valence electrons. The Kier molecular flexibility index (Phi) is 5.03. The molecule has 0 aliphatic heterocycles. The Morgan fingerprint density at radius 2 is 1.64 bits per heavy atom. The highest BCUT2D eigenvalue weighted by Crippen LogP contribution is 2.32. The van der Waals surface area contributed by atoms with Crippen molar-refractivity contribution in [2.75, 3.05) is 0 Å². The van der Waals surface area contributed by atoms with E-state index < -0.39 is 10.0 Å². The average Bonchev–Trinajstić information content (AvgIpc) is 3.24. The number of aryl methyl sites for hydroxylation is 1. The largest absolute Gasteiger partial charge is 0.299 e. The molecule has 0 spiro atoms. The van der Waals surface area contributed by atoms with Crippen LogP contribution in [0.15, 0.2) is 90.2 Å². The summed E-state index contributed by atoms with van der Waals surface area (Å²) in [6.07, 6.45) is 5.41. The van der Waals surface area contributed by atoms with Crippen LogP contribution in [0.25, 0.3) is 39.3 Å². The molecular weight excluding hydrogens is 439 g/mol. The number of imidazole rings is 1. The Bertz CT molecular complexity index is 1610. The van der Waals surface area contributed by atoms with Gasteiger partial charge >= 0.3 is 0 Å². The molecule has 0 radical (unpaired) electrons. The molecule has 0 fully saturated rings. The summed E-state index contributed by atoms with van der Waals surface area (Å²) in [4.78, 5) is 9.08. The molecular formula is C25H19FN4O2S. The van der Waals surface area contributed by atoms with Gasteiger partial charge in [-0.1, -0.05) is 18.2 Å². The van der Waals surface area contributed by atoms with Crippen molar-refractivity contribution in [3.8, 4) is 33.6 Å². The Balaban J connectivity index is 1.63. The van der Waals surface area contributed by atoms with Crippen LogP contribution in [0.3, 0.4) is 0 Å². The van der Waals surface area contributed by atoms with Crippen LogP contribution >= 0.6 is 0 Å². The third kappa shape index (κ3) is 3.90. The third-order valence-electron chi connectivity index (χ3n) is 5.53. The molecule has 6 nitrogen and oxygen atoms in total. The molecule has 0 amide bonds. The molecule has 0 unspecified atom stereocenters. The summed E-state index contributed by atoms with van der Waals surface area (Å²) in [6, 6.07) is 19.0. The lowest BCUT2D eigenvalue weighted by Crippen LogP contribution is -2.11. The fourth-order valence-corrected chi connectivity index (χ4v) is 4.34. The molecule has 5 aromatic rings. The maximum Gasteiger partial charge on any atom is 0.238 e. The first-order valence-corrected chi connectivity index (χ1v) is 11.7. The maximum atomic E-state index is 13.8. The number of rotatable bonds is 4. The molecule has 0 bridgehead atoms. The predicted molar refractivity (Wildman–Crippen MR) is 125 cm³/mol. The van der Waals surface area contributed by atoms with Gasteiger partial charge in [-0.3, -0.25) is 9.38 Å². The van der Waals surface area contributed by atoms with Crippen LogP contribution in [-0.2, 0) is 10.0 Å². The number of nitrogens with two attached hydrogens (primary N) is 1. The summed E-state index contributed by atoms with van der Waals surface area (Å²) in [5.41, 5.74) is 6.28. The van der Waals surface area contributed by atoms with Gasteiger partial charge in [0.05, 0.1) is 22.5 Å². The summed E-state index contributed by atoms with van der Waals surface area (Å²) in [6.45, 7) is 1.73. The molecule has 2 aromatic carbocycles. The van der Waals surface area contributed by atoms with Crippen LogP contribution in [0.5, 0.6) is 0 Å². The van der Waals surface area contributed by atoms with Gasteiger partial charge in [0, 0.05) is 34.6 Å². The van der Waals surface area contributed by atoms with Gasteiger partial charge in [-0.15, -0.1) is 0 Å². The zero-order valence-electron chi connectivity index (χ0n) is 17.6. The van der Waals surface area contributed by atoms with Gasteiger partial charge in [-0.05, 0) is 61.0 Å². The number of nitrogens with zero attached hydrogens (tertiary/aromatic N) is 3. The molecule has 0 saturated carbocycles. The molecule has 33 heavy (non-hydrogen) atoms. The highest BCUT2D eigenvalue weighted by molar-refractivity contribution is 7.89. The van der Waals surface area contributed by atoms with E-state index in [2.05, 4.69) is 9.97 Å².